The van der Waals surface area contributed by atoms with Gasteiger partial charge in [0.05, 0.1) is 33.1 Å². The first-order valence-corrected chi connectivity index (χ1v) is 9.47. The summed E-state index contributed by atoms with van der Waals surface area (Å²) in [6, 6.07) is 6.65. The van der Waals surface area contributed by atoms with E-state index in [9.17, 15) is 23.2 Å². The maximum atomic E-state index is 14.8. The van der Waals surface area contributed by atoms with Gasteiger partial charge in [-0.05, 0) is 30.3 Å². The summed E-state index contributed by atoms with van der Waals surface area (Å²) in [6.07, 6.45) is 2.48. The predicted molar refractivity (Wildman–Crippen MR) is 114 cm³/mol. The van der Waals surface area contributed by atoms with Crippen LogP contribution in [-0.2, 0) is 0 Å². The number of fused-ring (bicyclic) bond motifs is 2. The van der Waals surface area contributed by atoms with Crippen molar-refractivity contribution in [3.63, 3.8) is 0 Å². The Labute approximate surface area is 181 Å². The highest BCUT2D eigenvalue weighted by Gasteiger charge is 2.27. The highest BCUT2D eigenvalue weighted by atomic mass is 19.1. The van der Waals surface area contributed by atoms with E-state index in [0.717, 1.165) is 12.1 Å². The standard InChI is InChI=1S/C21H13F2N7O3/c22-11-3-2-9(18(24)32)16(23)15(11)17(31)10-6-25-19-14(10)20(27-7-26-19)28-8-1-4-12-13(5-8)30-21(33)29-12/h1-7H,(H2,24,32)(H2,29,30,33)(H2,25,26,27,28). The molecule has 0 aliphatic rings. The number of benzene rings is 2. The van der Waals surface area contributed by atoms with Crippen LogP contribution in [0, 0.1) is 11.6 Å². The molecule has 10 nitrogen and oxygen atoms in total. The van der Waals surface area contributed by atoms with E-state index in [1.165, 1.54) is 12.5 Å². The van der Waals surface area contributed by atoms with E-state index in [1.54, 1.807) is 18.2 Å². The van der Waals surface area contributed by atoms with Crippen LogP contribution in [0.5, 0.6) is 0 Å². The number of H-pyrrole nitrogens is 3. The molecule has 6 N–H and O–H groups in total. The molecule has 0 bridgehead atoms. The summed E-state index contributed by atoms with van der Waals surface area (Å²) in [5, 5.41) is 3.19. The Hall–Kier alpha value is -4.87. The van der Waals surface area contributed by atoms with Crippen molar-refractivity contribution in [2.24, 2.45) is 5.73 Å². The third-order valence-electron chi connectivity index (χ3n) is 5.08. The molecule has 1 amide bonds. The Morgan fingerprint density at radius 3 is 2.58 bits per heavy atom. The number of carbonyl (C=O) groups is 2. The van der Waals surface area contributed by atoms with Crippen molar-refractivity contribution in [2.45, 2.75) is 0 Å². The summed E-state index contributed by atoms with van der Waals surface area (Å²) in [4.78, 5) is 52.3. The maximum absolute atomic E-state index is 14.8. The largest absolute Gasteiger partial charge is 0.366 e. The number of halogens is 2. The number of ketones is 1. The van der Waals surface area contributed by atoms with E-state index < -0.39 is 34.5 Å². The highest BCUT2D eigenvalue weighted by molar-refractivity contribution is 6.19. The minimum Gasteiger partial charge on any atom is -0.366 e. The molecule has 33 heavy (non-hydrogen) atoms. The Bertz CT molecular complexity index is 1650. The molecule has 2 aromatic carbocycles. The van der Waals surface area contributed by atoms with E-state index in [1.807, 2.05) is 0 Å². The summed E-state index contributed by atoms with van der Waals surface area (Å²) < 4.78 is 29.2. The van der Waals surface area contributed by atoms with Crippen molar-refractivity contribution in [3.8, 4) is 0 Å². The molecule has 12 heteroatoms. The number of nitrogens with one attached hydrogen (secondary N) is 4. The van der Waals surface area contributed by atoms with Gasteiger partial charge in [-0.3, -0.25) is 9.59 Å². The summed E-state index contributed by atoms with van der Waals surface area (Å²) in [5.41, 5.74) is 4.98. The molecule has 0 aliphatic heterocycles. The highest BCUT2D eigenvalue weighted by Crippen LogP contribution is 2.30. The lowest BCUT2D eigenvalue weighted by molar-refractivity contribution is 0.0996. The number of anilines is 2. The second-order valence-electron chi connectivity index (χ2n) is 7.09. The number of carbonyl (C=O) groups excluding carboxylic acids is 2. The smallest absolute Gasteiger partial charge is 0.323 e. The number of amides is 1. The van der Waals surface area contributed by atoms with Crippen molar-refractivity contribution < 1.29 is 18.4 Å². The monoisotopic (exact) mass is 449 g/mol. The lowest BCUT2D eigenvalue weighted by Crippen LogP contribution is -2.17. The molecular formula is C21H13F2N7O3. The first kappa shape index (κ1) is 20.1. The Morgan fingerprint density at radius 1 is 1.00 bits per heavy atom. The fourth-order valence-corrected chi connectivity index (χ4v) is 3.57. The SMILES string of the molecule is NC(=O)c1ccc(F)c(C(=O)c2c[nH]c3ncnc(Nc4ccc5[nH]c(=O)[nH]c5c4)c23)c1F. The fraction of sp³-hybridized carbons (Fsp3) is 0. The van der Waals surface area contributed by atoms with Gasteiger partial charge in [0.25, 0.3) is 5.91 Å². The summed E-state index contributed by atoms with van der Waals surface area (Å²) >= 11 is 0. The van der Waals surface area contributed by atoms with Gasteiger partial charge in [-0.1, -0.05) is 0 Å². The first-order valence-electron chi connectivity index (χ1n) is 9.47. The molecule has 3 aromatic heterocycles. The van der Waals surface area contributed by atoms with Gasteiger partial charge in [0.1, 0.15) is 29.4 Å². The van der Waals surface area contributed by atoms with E-state index >= 15 is 0 Å². The molecule has 0 radical (unpaired) electrons. The van der Waals surface area contributed by atoms with Crippen LogP contribution in [0.15, 0.2) is 47.7 Å². The number of rotatable bonds is 5. The van der Waals surface area contributed by atoms with Gasteiger partial charge >= 0.3 is 5.69 Å². The van der Waals surface area contributed by atoms with Crippen LogP contribution in [0.1, 0.15) is 26.3 Å². The van der Waals surface area contributed by atoms with Crippen LogP contribution in [0.2, 0.25) is 0 Å². The van der Waals surface area contributed by atoms with E-state index in [4.69, 9.17) is 5.73 Å². The fourth-order valence-electron chi connectivity index (χ4n) is 3.57. The quantitative estimate of drug-likeness (QED) is 0.259. The number of nitrogens with two attached hydrogens (primary N) is 1. The van der Waals surface area contributed by atoms with Gasteiger partial charge in [0.15, 0.2) is 0 Å². The van der Waals surface area contributed by atoms with Gasteiger partial charge in [0, 0.05) is 11.9 Å². The normalized spacial score (nSPS) is 11.2. The van der Waals surface area contributed by atoms with Crippen LogP contribution < -0.4 is 16.7 Å². The van der Waals surface area contributed by atoms with Gasteiger partial charge < -0.3 is 26.0 Å². The minimum absolute atomic E-state index is 0.122. The Balaban J connectivity index is 1.62. The van der Waals surface area contributed by atoms with E-state index in [0.29, 0.717) is 16.7 Å². The third kappa shape index (κ3) is 3.29. The van der Waals surface area contributed by atoms with Gasteiger partial charge in [-0.2, -0.15) is 0 Å². The van der Waals surface area contributed by atoms with Crippen LogP contribution in [0.4, 0.5) is 20.3 Å². The average molecular weight is 449 g/mol. The van der Waals surface area contributed by atoms with Crippen molar-refractivity contribution >= 4 is 45.3 Å². The van der Waals surface area contributed by atoms with Gasteiger partial charge in [-0.15, -0.1) is 0 Å². The molecule has 0 aliphatic carbocycles. The lowest BCUT2D eigenvalue weighted by atomic mass is 9.99. The zero-order chi connectivity index (χ0) is 23.3. The van der Waals surface area contributed by atoms with Crippen LogP contribution in [0.3, 0.4) is 0 Å². The lowest BCUT2D eigenvalue weighted by Gasteiger charge is -2.09. The molecule has 3 heterocycles. The summed E-state index contributed by atoms with van der Waals surface area (Å²) in [5.74, 6) is -4.49. The molecular weight excluding hydrogens is 436 g/mol. The molecule has 0 unspecified atom stereocenters. The van der Waals surface area contributed by atoms with Crippen molar-refractivity contribution in [1.29, 1.82) is 0 Å². The number of aromatic amines is 3. The number of hydrogen-bond acceptors (Lipinski definition) is 6. The second kappa shape index (κ2) is 7.37. The molecule has 0 saturated carbocycles. The van der Waals surface area contributed by atoms with Crippen molar-refractivity contribution in [3.05, 3.63) is 81.7 Å². The number of hydrogen-bond donors (Lipinski definition) is 5. The van der Waals surface area contributed by atoms with E-state index in [-0.39, 0.29) is 28.1 Å². The average Bonchev–Trinajstić information content (AvgIpc) is 3.36. The van der Waals surface area contributed by atoms with Crippen LogP contribution in [0.25, 0.3) is 22.1 Å². The van der Waals surface area contributed by atoms with Gasteiger partial charge in [0.2, 0.25) is 5.78 Å². The van der Waals surface area contributed by atoms with E-state index in [2.05, 4.69) is 30.2 Å². The number of aromatic nitrogens is 5. The van der Waals surface area contributed by atoms with Crippen molar-refractivity contribution in [2.75, 3.05) is 5.32 Å². The molecule has 0 atom stereocenters. The third-order valence-corrected chi connectivity index (χ3v) is 5.08. The molecule has 0 saturated heterocycles. The molecule has 0 fully saturated rings. The minimum atomic E-state index is -1.35. The molecule has 164 valence electrons. The van der Waals surface area contributed by atoms with Crippen LogP contribution >= 0.6 is 0 Å². The zero-order valence-corrected chi connectivity index (χ0v) is 16.5. The Kier molecular flexibility index (Phi) is 4.48. The molecule has 5 rings (SSSR count). The zero-order valence-electron chi connectivity index (χ0n) is 16.5. The summed E-state index contributed by atoms with van der Waals surface area (Å²) in [6.45, 7) is 0. The number of nitrogens with zero attached hydrogens (tertiary/aromatic N) is 2. The summed E-state index contributed by atoms with van der Waals surface area (Å²) in [7, 11) is 0. The number of imidazole rings is 1. The first-order chi connectivity index (χ1) is 15.8. The molecule has 0 spiro atoms. The Morgan fingerprint density at radius 2 is 1.79 bits per heavy atom. The van der Waals surface area contributed by atoms with Crippen molar-refractivity contribution in [1.82, 2.24) is 24.9 Å². The second-order valence-corrected chi connectivity index (χ2v) is 7.09. The van der Waals surface area contributed by atoms with Gasteiger partial charge in [-0.25, -0.2) is 23.5 Å². The predicted octanol–water partition coefficient (Wildman–Crippen LogP) is 2.48. The number of primary amides is 1. The molecule has 5 aromatic rings. The topological polar surface area (TPSA) is 162 Å². The maximum Gasteiger partial charge on any atom is 0.323 e. The van der Waals surface area contributed by atoms with Crippen LogP contribution in [-0.4, -0.2) is 36.6 Å².